The van der Waals surface area contributed by atoms with E-state index in [9.17, 15) is 0 Å². The van der Waals surface area contributed by atoms with Crippen LogP contribution in [0.2, 0.25) is 4.47 Å². The highest BCUT2D eigenvalue weighted by atomic mass is 35.5. The molecule has 1 aromatic carbocycles. The molecule has 0 radical (unpaired) electrons. The van der Waals surface area contributed by atoms with E-state index in [0.717, 1.165) is 21.9 Å². The highest BCUT2D eigenvalue weighted by Gasteiger charge is 2.20. The minimum absolute atomic E-state index is 0.579. The molecular formula is C10H6ClNOS. The average Bonchev–Trinajstić information content (AvgIpc) is 2.59. The lowest BCUT2D eigenvalue weighted by Crippen LogP contribution is -2.02. The molecule has 2 heterocycles. The topological polar surface area (TPSA) is 22.1 Å². The lowest BCUT2D eigenvalue weighted by molar-refractivity contribution is 0.305. The molecule has 0 amide bonds. The van der Waals surface area contributed by atoms with Crippen LogP contribution in [0, 0.1) is 0 Å². The van der Waals surface area contributed by atoms with Crippen LogP contribution < -0.4 is 4.74 Å². The van der Waals surface area contributed by atoms with E-state index in [-0.39, 0.29) is 0 Å². The molecule has 2 aromatic rings. The Morgan fingerprint density at radius 2 is 2.21 bits per heavy atom. The van der Waals surface area contributed by atoms with Crippen molar-refractivity contribution in [1.29, 1.82) is 0 Å². The Balaban J connectivity index is 2.28. The summed E-state index contributed by atoms with van der Waals surface area (Å²) < 4.78 is 6.15. The normalized spacial score (nSPS) is 12.9. The van der Waals surface area contributed by atoms with Crippen molar-refractivity contribution in [1.82, 2.24) is 4.98 Å². The van der Waals surface area contributed by atoms with Crippen LogP contribution in [0.25, 0.3) is 11.3 Å². The largest absolute Gasteiger partial charge is 0.487 e. The first-order valence-corrected chi connectivity index (χ1v) is 5.41. The molecule has 0 bridgehead atoms. The Kier molecular flexibility index (Phi) is 1.75. The van der Waals surface area contributed by atoms with Crippen LogP contribution in [0.1, 0.15) is 4.88 Å². The molecule has 14 heavy (non-hydrogen) atoms. The van der Waals surface area contributed by atoms with Gasteiger partial charge in [-0.05, 0) is 12.1 Å². The minimum atomic E-state index is 0.579. The summed E-state index contributed by atoms with van der Waals surface area (Å²) in [6, 6.07) is 7.89. The Morgan fingerprint density at radius 1 is 1.36 bits per heavy atom. The van der Waals surface area contributed by atoms with Gasteiger partial charge in [-0.3, -0.25) is 0 Å². The van der Waals surface area contributed by atoms with Crippen molar-refractivity contribution in [3.63, 3.8) is 0 Å². The Bertz CT molecular complexity index is 495. The standard InChI is InChI=1S/C10H6ClNOS/c11-10-12-9-6-3-1-2-4-7(6)13-5-8(9)14-10/h1-4H,5H2. The minimum Gasteiger partial charge on any atom is -0.487 e. The first kappa shape index (κ1) is 8.26. The zero-order valence-electron chi connectivity index (χ0n) is 7.16. The number of benzene rings is 1. The summed E-state index contributed by atoms with van der Waals surface area (Å²) >= 11 is 7.35. The third-order valence-electron chi connectivity index (χ3n) is 2.17. The van der Waals surface area contributed by atoms with Gasteiger partial charge in [-0.15, -0.1) is 11.3 Å². The van der Waals surface area contributed by atoms with E-state index in [4.69, 9.17) is 16.3 Å². The van der Waals surface area contributed by atoms with E-state index in [0.29, 0.717) is 11.1 Å². The SMILES string of the molecule is Clc1nc2c(s1)COc1ccccc1-2. The van der Waals surface area contributed by atoms with Gasteiger partial charge in [0.2, 0.25) is 0 Å². The average molecular weight is 224 g/mol. The van der Waals surface area contributed by atoms with E-state index in [1.807, 2.05) is 24.3 Å². The van der Waals surface area contributed by atoms with Crippen LogP contribution in [0.3, 0.4) is 0 Å². The van der Waals surface area contributed by atoms with E-state index in [1.54, 1.807) is 0 Å². The Hall–Kier alpha value is -1.06. The molecule has 0 N–H and O–H groups in total. The van der Waals surface area contributed by atoms with Crippen LogP contribution in [0.5, 0.6) is 5.75 Å². The fourth-order valence-electron chi connectivity index (χ4n) is 1.56. The van der Waals surface area contributed by atoms with Gasteiger partial charge in [-0.25, -0.2) is 4.98 Å². The maximum atomic E-state index is 5.87. The smallest absolute Gasteiger partial charge is 0.184 e. The van der Waals surface area contributed by atoms with Crippen molar-refractivity contribution in [2.75, 3.05) is 0 Å². The number of ether oxygens (including phenoxy) is 1. The molecule has 0 saturated carbocycles. The second kappa shape index (κ2) is 2.97. The van der Waals surface area contributed by atoms with Crippen molar-refractivity contribution in [2.45, 2.75) is 6.61 Å². The van der Waals surface area contributed by atoms with Crippen LogP contribution in [0.4, 0.5) is 0 Å². The molecule has 4 heteroatoms. The van der Waals surface area contributed by atoms with Gasteiger partial charge >= 0.3 is 0 Å². The molecule has 0 atom stereocenters. The molecule has 70 valence electrons. The van der Waals surface area contributed by atoms with E-state index < -0.39 is 0 Å². The van der Waals surface area contributed by atoms with Crippen molar-refractivity contribution < 1.29 is 4.74 Å². The van der Waals surface area contributed by atoms with E-state index in [1.165, 1.54) is 11.3 Å². The van der Waals surface area contributed by atoms with Gasteiger partial charge in [0.15, 0.2) is 4.47 Å². The number of rotatable bonds is 0. The summed E-state index contributed by atoms with van der Waals surface area (Å²) in [5.41, 5.74) is 2.01. The first-order chi connectivity index (χ1) is 6.84. The predicted octanol–water partition coefficient (Wildman–Crippen LogP) is 3.36. The zero-order valence-corrected chi connectivity index (χ0v) is 8.73. The van der Waals surface area contributed by atoms with E-state index in [2.05, 4.69) is 4.98 Å². The molecule has 3 rings (SSSR count). The molecule has 1 aliphatic rings. The first-order valence-electron chi connectivity index (χ1n) is 4.22. The second-order valence-corrected chi connectivity index (χ2v) is 4.69. The zero-order chi connectivity index (χ0) is 9.54. The van der Waals surface area contributed by atoms with Crippen molar-refractivity contribution in [3.05, 3.63) is 33.6 Å². The summed E-state index contributed by atoms with van der Waals surface area (Å²) in [5, 5.41) is 0. The summed E-state index contributed by atoms with van der Waals surface area (Å²) in [6.45, 7) is 0.580. The van der Waals surface area contributed by atoms with Crippen molar-refractivity contribution >= 4 is 22.9 Å². The summed E-state index contributed by atoms with van der Waals surface area (Å²) in [5.74, 6) is 0.891. The fraction of sp³-hybridized carbons (Fsp3) is 0.100. The van der Waals surface area contributed by atoms with Crippen molar-refractivity contribution in [3.8, 4) is 17.0 Å². The van der Waals surface area contributed by atoms with Gasteiger partial charge in [-0.2, -0.15) is 0 Å². The molecule has 2 nitrogen and oxygen atoms in total. The molecular weight excluding hydrogens is 218 g/mol. The highest BCUT2D eigenvalue weighted by molar-refractivity contribution is 7.16. The molecule has 0 fully saturated rings. The molecule has 0 spiro atoms. The maximum Gasteiger partial charge on any atom is 0.184 e. The monoisotopic (exact) mass is 223 g/mol. The third kappa shape index (κ3) is 1.13. The number of fused-ring (bicyclic) bond motifs is 3. The number of para-hydroxylation sites is 1. The van der Waals surface area contributed by atoms with Gasteiger partial charge in [0.05, 0.1) is 10.6 Å². The van der Waals surface area contributed by atoms with E-state index >= 15 is 0 Å². The molecule has 0 aliphatic carbocycles. The van der Waals surface area contributed by atoms with Crippen molar-refractivity contribution in [2.24, 2.45) is 0 Å². The lowest BCUT2D eigenvalue weighted by Gasteiger charge is -2.15. The van der Waals surface area contributed by atoms with Crippen LogP contribution >= 0.6 is 22.9 Å². The number of halogens is 1. The second-order valence-electron chi connectivity index (χ2n) is 3.02. The molecule has 1 aromatic heterocycles. The van der Waals surface area contributed by atoms with Gasteiger partial charge in [0, 0.05) is 5.56 Å². The molecule has 0 saturated heterocycles. The number of hydrogen-bond donors (Lipinski definition) is 0. The van der Waals surface area contributed by atoms with Crippen LogP contribution in [-0.4, -0.2) is 4.98 Å². The van der Waals surface area contributed by atoms with Crippen LogP contribution in [0.15, 0.2) is 24.3 Å². The summed E-state index contributed by atoms with van der Waals surface area (Å²) in [6.07, 6.45) is 0. The quantitative estimate of drug-likeness (QED) is 0.683. The fourth-order valence-corrected chi connectivity index (χ4v) is 2.64. The number of aromatic nitrogens is 1. The molecule has 0 unspecified atom stereocenters. The number of hydrogen-bond acceptors (Lipinski definition) is 3. The predicted molar refractivity (Wildman–Crippen MR) is 56.9 cm³/mol. The van der Waals surface area contributed by atoms with Gasteiger partial charge in [0.25, 0.3) is 0 Å². The van der Waals surface area contributed by atoms with Gasteiger partial charge in [0.1, 0.15) is 12.4 Å². The maximum absolute atomic E-state index is 5.87. The number of nitrogens with zero attached hydrogens (tertiary/aromatic N) is 1. The molecule has 1 aliphatic heterocycles. The Labute approximate surface area is 90.1 Å². The Morgan fingerprint density at radius 3 is 3.14 bits per heavy atom. The highest BCUT2D eigenvalue weighted by Crippen LogP contribution is 2.40. The summed E-state index contributed by atoms with van der Waals surface area (Å²) in [7, 11) is 0. The van der Waals surface area contributed by atoms with Gasteiger partial charge < -0.3 is 4.74 Å². The van der Waals surface area contributed by atoms with Gasteiger partial charge in [-0.1, -0.05) is 23.7 Å². The summed E-state index contributed by atoms with van der Waals surface area (Å²) in [4.78, 5) is 5.40. The lowest BCUT2D eigenvalue weighted by atomic mass is 10.1. The number of thiazole rings is 1. The van der Waals surface area contributed by atoms with Crippen LogP contribution in [-0.2, 0) is 6.61 Å². The third-order valence-corrected chi connectivity index (χ3v) is 3.31.